The molecule has 3 atom stereocenters. The summed E-state index contributed by atoms with van der Waals surface area (Å²) in [4.78, 5) is 21.7. The van der Waals surface area contributed by atoms with E-state index in [1.807, 2.05) is 0 Å². The molecule has 1 aliphatic carbocycles. The Hall–Kier alpha value is -3.15. The Balaban J connectivity index is 1.72. The lowest BCUT2D eigenvalue weighted by atomic mass is 9.76. The van der Waals surface area contributed by atoms with Gasteiger partial charge < -0.3 is 10.4 Å². The van der Waals surface area contributed by atoms with Gasteiger partial charge in [0.05, 0.1) is 16.5 Å². The van der Waals surface area contributed by atoms with E-state index in [4.69, 9.17) is 0 Å². The molecule has 0 saturated heterocycles. The largest absolute Gasteiger partial charge is 0.478 e. The summed E-state index contributed by atoms with van der Waals surface area (Å²) in [5, 5.41) is 23.6. The lowest BCUT2D eigenvalue weighted by Gasteiger charge is -2.37. The van der Waals surface area contributed by atoms with Gasteiger partial charge in [0.15, 0.2) is 0 Å². The van der Waals surface area contributed by atoms with Crippen molar-refractivity contribution in [3.63, 3.8) is 0 Å². The van der Waals surface area contributed by atoms with E-state index in [0.717, 1.165) is 23.2 Å². The van der Waals surface area contributed by atoms with E-state index < -0.39 is 10.9 Å². The van der Waals surface area contributed by atoms with Crippen molar-refractivity contribution < 1.29 is 14.8 Å². The molecular formula is C19H16N2O4. The summed E-state index contributed by atoms with van der Waals surface area (Å²) < 4.78 is 0. The normalized spacial score (nSPS) is 23.4. The van der Waals surface area contributed by atoms with Crippen LogP contribution in [0.15, 0.2) is 54.6 Å². The van der Waals surface area contributed by atoms with Gasteiger partial charge in [-0.1, -0.05) is 24.3 Å². The fourth-order valence-electron chi connectivity index (χ4n) is 3.86. The van der Waals surface area contributed by atoms with Crippen LogP contribution in [0.3, 0.4) is 0 Å². The minimum Gasteiger partial charge on any atom is -0.478 e. The van der Waals surface area contributed by atoms with Crippen LogP contribution in [0.25, 0.3) is 0 Å². The maximum Gasteiger partial charge on any atom is 0.335 e. The third-order valence-corrected chi connectivity index (χ3v) is 5.07. The van der Waals surface area contributed by atoms with Crippen LogP contribution in [-0.2, 0) is 0 Å². The van der Waals surface area contributed by atoms with Crippen LogP contribution < -0.4 is 5.32 Å². The maximum absolute atomic E-state index is 11.3. The molecule has 6 heteroatoms. The Morgan fingerprint density at radius 2 is 1.96 bits per heavy atom. The first-order valence-electron chi connectivity index (χ1n) is 8.09. The monoisotopic (exact) mass is 336 g/mol. The van der Waals surface area contributed by atoms with E-state index in [-0.39, 0.29) is 29.1 Å². The smallest absolute Gasteiger partial charge is 0.335 e. The van der Waals surface area contributed by atoms with E-state index in [1.165, 1.54) is 12.1 Å². The molecule has 1 aliphatic heterocycles. The van der Waals surface area contributed by atoms with Gasteiger partial charge in [0.1, 0.15) is 0 Å². The fraction of sp³-hybridized carbons (Fsp3) is 0.211. The molecule has 0 spiro atoms. The van der Waals surface area contributed by atoms with Crippen LogP contribution in [0.1, 0.15) is 39.9 Å². The Bertz CT molecular complexity index is 889. The van der Waals surface area contributed by atoms with Crippen LogP contribution in [0.5, 0.6) is 0 Å². The second-order valence-electron chi connectivity index (χ2n) is 6.43. The highest BCUT2D eigenvalue weighted by molar-refractivity contribution is 5.89. The maximum atomic E-state index is 11.3. The van der Waals surface area contributed by atoms with Crippen molar-refractivity contribution in [3.8, 4) is 0 Å². The molecule has 2 N–H and O–H groups in total. The van der Waals surface area contributed by atoms with Crippen molar-refractivity contribution in [1.29, 1.82) is 0 Å². The number of aromatic carboxylic acids is 1. The number of nitro benzene ring substituents is 1. The quantitative estimate of drug-likeness (QED) is 0.500. The van der Waals surface area contributed by atoms with E-state index in [0.29, 0.717) is 0 Å². The summed E-state index contributed by atoms with van der Waals surface area (Å²) in [6, 6.07) is 11.8. The second-order valence-corrected chi connectivity index (χ2v) is 6.43. The van der Waals surface area contributed by atoms with Crippen molar-refractivity contribution in [2.24, 2.45) is 5.92 Å². The van der Waals surface area contributed by atoms with Crippen LogP contribution in [0.2, 0.25) is 0 Å². The third kappa shape index (κ3) is 2.55. The van der Waals surface area contributed by atoms with Crippen molar-refractivity contribution in [2.75, 3.05) is 5.32 Å². The van der Waals surface area contributed by atoms with Crippen LogP contribution >= 0.6 is 0 Å². The number of nitro groups is 1. The first-order valence-corrected chi connectivity index (χ1v) is 8.09. The van der Waals surface area contributed by atoms with Crippen LogP contribution in [0.4, 0.5) is 11.4 Å². The summed E-state index contributed by atoms with van der Waals surface area (Å²) in [6.45, 7) is 0. The molecule has 0 amide bonds. The number of rotatable bonds is 3. The average Bonchev–Trinajstić information content (AvgIpc) is 3.10. The number of nitrogens with zero attached hydrogens (tertiary/aromatic N) is 1. The number of nitrogens with one attached hydrogen (secondary N) is 1. The molecule has 25 heavy (non-hydrogen) atoms. The van der Waals surface area contributed by atoms with Gasteiger partial charge in [0, 0.05) is 23.7 Å². The third-order valence-electron chi connectivity index (χ3n) is 5.07. The van der Waals surface area contributed by atoms with Crippen LogP contribution in [0, 0.1) is 16.0 Å². The number of carboxylic acid groups (broad SMARTS) is 1. The van der Waals surface area contributed by atoms with Crippen molar-refractivity contribution >= 4 is 17.3 Å². The number of non-ortho nitro benzene ring substituents is 1. The summed E-state index contributed by atoms with van der Waals surface area (Å²) >= 11 is 0. The van der Waals surface area contributed by atoms with Gasteiger partial charge in [0.2, 0.25) is 0 Å². The zero-order chi connectivity index (χ0) is 17.6. The summed E-state index contributed by atoms with van der Waals surface area (Å²) in [5.41, 5.74) is 3.27. The number of fused-ring (bicyclic) bond motifs is 3. The molecule has 2 aromatic carbocycles. The van der Waals surface area contributed by atoms with Crippen molar-refractivity contribution in [1.82, 2.24) is 0 Å². The predicted molar refractivity (Wildman–Crippen MR) is 92.8 cm³/mol. The van der Waals surface area contributed by atoms with Crippen LogP contribution in [-0.4, -0.2) is 16.0 Å². The number of anilines is 1. The van der Waals surface area contributed by atoms with Gasteiger partial charge in [-0.2, -0.15) is 0 Å². The molecule has 0 bridgehead atoms. The molecular weight excluding hydrogens is 320 g/mol. The zero-order valence-corrected chi connectivity index (χ0v) is 13.3. The highest BCUT2D eigenvalue weighted by atomic mass is 16.6. The molecule has 0 fully saturated rings. The van der Waals surface area contributed by atoms with Gasteiger partial charge in [-0.25, -0.2) is 4.79 Å². The fourth-order valence-corrected chi connectivity index (χ4v) is 3.86. The Labute approximate surface area is 144 Å². The topological polar surface area (TPSA) is 92.5 Å². The number of hydrogen-bond donors (Lipinski definition) is 2. The molecule has 6 nitrogen and oxygen atoms in total. The van der Waals surface area contributed by atoms with Gasteiger partial charge in [0.25, 0.3) is 5.69 Å². The molecule has 0 saturated carbocycles. The van der Waals surface area contributed by atoms with Gasteiger partial charge in [-0.3, -0.25) is 10.1 Å². The molecule has 0 aromatic heterocycles. The molecule has 0 radical (unpaired) electrons. The highest BCUT2D eigenvalue weighted by Gasteiger charge is 2.38. The van der Waals surface area contributed by atoms with Crippen molar-refractivity contribution in [3.05, 3.63) is 81.4 Å². The molecule has 4 rings (SSSR count). The molecule has 2 aliphatic rings. The highest BCUT2D eigenvalue weighted by Crippen LogP contribution is 2.50. The van der Waals surface area contributed by atoms with Crippen molar-refractivity contribution in [2.45, 2.75) is 18.4 Å². The average molecular weight is 336 g/mol. The number of carbonyl (C=O) groups is 1. The van der Waals surface area contributed by atoms with Gasteiger partial charge in [-0.05, 0) is 41.7 Å². The van der Waals surface area contributed by atoms with E-state index in [2.05, 4.69) is 17.5 Å². The molecule has 0 unspecified atom stereocenters. The van der Waals surface area contributed by atoms with E-state index in [1.54, 1.807) is 30.3 Å². The standard InChI is InChI=1S/C19H16N2O4/c22-19(23)12-6-9-17-16(10-12)14-2-1-3-15(14)18(20-17)11-4-7-13(8-5-11)21(24)25/h1-2,4-10,14-15,18,20H,3H2,(H,22,23)/t14-,15-,18-/m1/s1. The summed E-state index contributed by atoms with van der Waals surface area (Å²) in [7, 11) is 0. The van der Waals surface area contributed by atoms with Gasteiger partial charge in [-0.15, -0.1) is 0 Å². The Morgan fingerprint density at radius 3 is 2.64 bits per heavy atom. The summed E-state index contributed by atoms with van der Waals surface area (Å²) in [5.74, 6) is -0.521. The number of hydrogen-bond acceptors (Lipinski definition) is 4. The summed E-state index contributed by atoms with van der Waals surface area (Å²) in [6.07, 6.45) is 5.14. The van der Waals surface area contributed by atoms with E-state index in [9.17, 15) is 20.0 Å². The number of benzene rings is 2. The Morgan fingerprint density at radius 1 is 1.20 bits per heavy atom. The zero-order valence-electron chi connectivity index (χ0n) is 13.3. The molecule has 2 aromatic rings. The predicted octanol–water partition coefficient (Wildman–Crippen LogP) is 4.12. The van der Waals surface area contributed by atoms with E-state index >= 15 is 0 Å². The lowest BCUT2D eigenvalue weighted by molar-refractivity contribution is -0.384. The lowest BCUT2D eigenvalue weighted by Crippen LogP contribution is -2.29. The molecule has 126 valence electrons. The number of allylic oxidation sites excluding steroid dienone is 2. The first-order chi connectivity index (χ1) is 12.0. The SMILES string of the molecule is O=C(O)c1ccc2c(c1)[C@@H]1C=CC[C@H]1[C@@H](c1ccc([N+](=O)[O-])cc1)N2. The second kappa shape index (κ2) is 5.73. The number of carboxylic acids is 1. The minimum atomic E-state index is -0.932. The first kappa shape index (κ1) is 15.4. The Kier molecular flexibility index (Phi) is 3.53. The van der Waals surface area contributed by atoms with Gasteiger partial charge >= 0.3 is 5.97 Å². The molecule has 1 heterocycles. The minimum absolute atomic E-state index is 0.0315.